The Kier molecular flexibility index (Phi) is 4.41. The third kappa shape index (κ3) is 3.41. The van der Waals surface area contributed by atoms with Gasteiger partial charge < -0.3 is 19.1 Å². The van der Waals surface area contributed by atoms with E-state index in [0.717, 1.165) is 34.8 Å². The van der Waals surface area contributed by atoms with Gasteiger partial charge in [-0.3, -0.25) is 4.79 Å². The summed E-state index contributed by atoms with van der Waals surface area (Å²) in [4.78, 5) is 15.5. The van der Waals surface area contributed by atoms with E-state index in [9.17, 15) is 4.79 Å². The number of carboxylic acid groups (broad SMARTS) is 1. The minimum Gasteiger partial charge on any atom is -0.486 e. The number of rotatable bonds is 6. The van der Waals surface area contributed by atoms with Gasteiger partial charge in [-0.1, -0.05) is 13.8 Å². The van der Waals surface area contributed by atoms with Gasteiger partial charge in [-0.25, -0.2) is 4.98 Å². The summed E-state index contributed by atoms with van der Waals surface area (Å²) in [5.41, 5.74) is 1.86. The molecular formula is C17H22N2O4. The van der Waals surface area contributed by atoms with Crippen molar-refractivity contribution in [3.63, 3.8) is 0 Å². The lowest BCUT2D eigenvalue weighted by molar-refractivity contribution is -0.137. The highest BCUT2D eigenvalue weighted by Crippen LogP contribution is 2.35. The molecule has 2 aromatic rings. The third-order valence-corrected chi connectivity index (χ3v) is 3.85. The molecule has 6 nitrogen and oxygen atoms in total. The number of aromatic nitrogens is 2. The summed E-state index contributed by atoms with van der Waals surface area (Å²) in [6.45, 7) is 6.04. The van der Waals surface area contributed by atoms with Crippen LogP contribution >= 0.6 is 0 Å². The lowest BCUT2D eigenvalue weighted by atomic mass is 10.1. The first kappa shape index (κ1) is 15.6. The van der Waals surface area contributed by atoms with Gasteiger partial charge in [0.2, 0.25) is 0 Å². The van der Waals surface area contributed by atoms with Crippen molar-refractivity contribution < 1.29 is 19.4 Å². The zero-order valence-electron chi connectivity index (χ0n) is 13.5. The lowest BCUT2D eigenvalue weighted by Gasteiger charge is -2.18. The molecule has 0 saturated heterocycles. The van der Waals surface area contributed by atoms with Crippen LogP contribution in [0.2, 0.25) is 0 Å². The first-order chi connectivity index (χ1) is 11.0. The summed E-state index contributed by atoms with van der Waals surface area (Å²) in [6, 6.07) is 3.88. The summed E-state index contributed by atoms with van der Waals surface area (Å²) in [5.74, 6) is 2.16. The van der Waals surface area contributed by atoms with Crippen LogP contribution in [0.25, 0.3) is 11.0 Å². The van der Waals surface area contributed by atoms with E-state index in [2.05, 4.69) is 18.4 Å². The van der Waals surface area contributed by atoms with Gasteiger partial charge in [0.05, 0.1) is 11.0 Å². The molecule has 124 valence electrons. The molecule has 1 N–H and O–H groups in total. The van der Waals surface area contributed by atoms with Crippen LogP contribution < -0.4 is 9.47 Å². The highest BCUT2D eigenvalue weighted by Gasteiger charge is 2.18. The van der Waals surface area contributed by atoms with Gasteiger partial charge in [0, 0.05) is 31.5 Å². The molecule has 0 aliphatic carbocycles. The third-order valence-electron chi connectivity index (χ3n) is 3.85. The van der Waals surface area contributed by atoms with Crippen LogP contribution in [-0.4, -0.2) is 33.8 Å². The van der Waals surface area contributed by atoms with E-state index >= 15 is 0 Å². The number of ether oxygens (including phenoxy) is 2. The average Bonchev–Trinajstić information content (AvgIpc) is 2.80. The van der Waals surface area contributed by atoms with Gasteiger partial charge >= 0.3 is 5.97 Å². The Morgan fingerprint density at radius 3 is 2.65 bits per heavy atom. The normalized spacial score (nSPS) is 13.7. The van der Waals surface area contributed by atoms with Crippen molar-refractivity contribution in [2.75, 3.05) is 13.2 Å². The van der Waals surface area contributed by atoms with E-state index in [4.69, 9.17) is 19.6 Å². The predicted molar refractivity (Wildman–Crippen MR) is 86.1 cm³/mol. The molecular weight excluding hydrogens is 296 g/mol. The second-order valence-electron chi connectivity index (χ2n) is 6.26. The van der Waals surface area contributed by atoms with Gasteiger partial charge in [-0.05, 0) is 12.3 Å². The van der Waals surface area contributed by atoms with Crippen molar-refractivity contribution in [2.45, 2.75) is 39.7 Å². The monoisotopic (exact) mass is 318 g/mol. The first-order valence-corrected chi connectivity index (χ1v) is 8.05. The molecule has 0 bridgehead atoms. The maximum atomic E-state index is 10.8. The summed E-state index contributed by atoms with van der Waals surface area (Å²) in [6.07, 6.45) is 1.60. The number of aliphatic carboxylic acids is 1. The molecule has 0 unspecified atom stereocenters. The minimum absolute atomic E-state index is 0.158. The maximum Gasteiger partial charge on any atom is 0.303 e. The molecule has 0 saturated carbocycles. The second kappa shape index (κ2) is 6.48. The molecule has 23 heavy (non-hydrogen) atoms. The van der Waals surface area contributed by atoms with Crippen molar-refractivity contribution >= 4 is 17.0 Å². The van der Waals surface area contributed by atoms with Crippen LogP contribution in [0.1, 0.15) is 32.5 Å². The Hall–Kier alpha value is -2.24. The Morgan fingerprint density at radius 2 is 2.00 bits per heavy atom. The van der Waals surface area contributed by atoms with Crippen LogP contribution in [0.15, 0.2) is 12.1 Å². The molecule has 0 radical (unpaired) electrons. The van der Waals surface area contributed by atoms with E-state index in [0.29, 0.717) is 32.1 Å². The van der Waals surface area contributed by atoms with E-state index in [-0.39, 0.29) is 6.42 Å². The van der Waals surface area contributed by atoms with Gasteiger partial charge in [-0.15, -0.1) is 0 Å². The van der Waals surface area contributed by atoms with Crippen LogP contribution in [0.5, 0.6) is 11.5 Å². The molecule has 0 atom stereocenters. The maximum absolute atomic E-state index is 10.8. The fourth-order valence-electron chi connectivity index (χ4n) is 2.87. The highest BCUT2D eigenvalue weighted by molar-refractivity contribution is 5.81. The van der Waals surface area contributed by atoms with E-state index in [1.807, 2.05) is 12.1 Å². The molecule has 0 fully saturated rings. The first-order valence-electron chi connectivity index (χ1n) is 8.05. The van der Waals surface area contributed by atoms with Crippen molar-refractivity contribution in [1.82, 2.24) is 9.55 Å². The van der Waals surface area contributed by atoms with Crippen molar-refractivity contribution in [3.05, 3.63) is 18.0 Å². The summed E-state index contributed by atoms with van der Waals surface area (Å²) in [5, 5.41) is 8.87. The zero-order chi connectivity index (χ0) is 16.4. The van der Waals surface area contributed by atoms with Gasteiger partial charge in [0.25, 0.3) is 0 Å². The number of fused-ring (bicyclic) bond motifs is 2. The average molecular weight is 318 g/mol. The zero-order valence-corrected chi connectivity index (χ0v) is 13.5. The van der Waals surface area contributed by atoms with Crippen LogP contribution in [0.3, 0.4) is 0 Å². The molecule has 1 aliphatic rings. The summed E-state index contributed by atoms with van der Waals surface area (Å²) < 4.78 is 13.4. The highest BCUT2D eigenvalue weighted by atomic mass is 16.6. The number of carboxylic acids is 1. The summed E-state index contributed by atoms with van der Waals surface area (Å²) >= 11 is 0. The molecule has 1 aliphatic heterocycles. The Balaban J connectivity index is 1.99. The number of benzene rings is 1. The molecule has 1 aromatic carbocycles. The fourth-order valence-corrected chi connectivity index (χ4v) is 2.87. The predicted octanol–water partition coefficient (Wildman–Crippen LogP) is 2.87. The Labute approximate surface area is 135 Å². The van der Waals surface area contributed by atoms with E-state index in [1.54, 1.807) is 0 Å². The smallest absolute Gasteiger partial charge is 0.303 e. The van der Waals surface area contributed by atoms with Crippen LogP contribution in [0, 0.1) is 5.92 Å². The molecule has 6 heteroatoms. The fraction of sp³-hybridized carbons (Fsp3) is 0.529. The SMILES string of the molecule is CC(C)Cc1nc2cc3c(cc2n1CCCC(=O)O)OCCO3. The molecule has 0 amide bonds. The standard InChI is InChI=1S/C17H22N2O4/c1-11(2)8-16-18-12-9-14-15(23-7-6-22-14)10-13(12)19(16)5-3-4-17(20)21/h9-11H,3-8H2,1-2H3,(H,20,21). The van der Waals surface area contributed by atoms with Crippen molar-refractivity contribution in [2.24, 2.45) is 5.92 Å². The molecule has 2 heterocycles. The van der Waals surface area contributed by atoms with E-state index in [1.165, 1.54) is 0 Å². The van der Waals surface area contributed by atoms with Gasteiger partial charge in [-0.2, -0.15) is 0 Å². The van der Waals surface area contributed by atoms with Crippen molar-refractivity contribution in [3.8, 4) is 11.5 Å². The molecule has 3 rings (SSSR count). The molecule has 1 aromatic heterocycles. The number of nitrogens with zero attached hydrogens (tertiary/aromatic N) is 2. The minimum atomic E-state index is -0.769. The Morgan fingerprint density at radius 1 is 1.30 bits per heavy atom. The number of aryl methyl sites for hydroxylation is 1. The number of hydrogen-bond acceptors (Lipinski definition) is 4. The topological polar surface area (TPSA) is 73.6 Å². The summed E-state index contributed by atoms with van der Waals surface area (Å²) in [7, 11) is 0. The molecule has 0 spiro atoms. The van der Waals surface area contributed by atoms with Crippen LogP contribution in [-0.2, 0) is 17.8 Å². The Bertz CT molecular complexity index is 721. The number of carbonyl (C=O) groups is 1. The second-order valence-corrected chi connectivity index (χ2v) is 6.26. The van der Waals surface area contributed by atoms with E-state index < -0.39 is 5.97 Å². The largest absolute Gasteiger partial charge is 0.486 e. The van der Waals surface area contributed by atoms with Crippen molar-refractivity contribution in [1.29, 1.82) is 0 Å². The lowest BCUT2D eigenvalue weighted by Crippen LogP contribution is -2.15. The van der Waals surface area contributed by atoms with Crippen LogP contribution in [0.4, 0.5) is 0 Å². The van der Waals surface area contributed by atoms with Gasteiger partial charge in [0.15, 0.2) is 11.5 Å². The quantitative estimate of drug-likeness (QED) is 0.886. The number of imidazole rings is 1. The number of hydrogen-bond donors (Lipinski definition) is 1. The van der Waals surface area contributed by atoms with Gasteiger partial charge in [0.1, 0.15) is 19.0 Å².